The summed E-state index contributed by atoms with van der Waals surface area (Å²) in [5.74, 6) is 1.47. The number of aromatic nitrogens is 3. The highest BCUT2D eigenvalue weighted by Crippen LogP contribution is 2.23. The van der Waals surface area contributed by atoms with Crippen molar-refractivity contribution in [2.24, 2.45) is 7.05 Å². The Kier molecular flexibility index (Phi) is 7.70. The number of aryl methyl sites for hydroxylation is 2. The summed E-state index contributed by atoms with van der Waals surface area (Å²) in [6.07, 6.45) is 2.45. The predicted octanol–water partition coefficient (Wildman–Crippen LogP) is 2.31. The first-order chi connectivity index (χ1) is 15.7. The minimum atomic E-state index is -3.55. The van der Waals surface area contributed by atoms with E-state index in [0.717, 1.165) is 22.7 Å². The van der Waals surface area contributed by atoms with Gasteiger partial charge in [0.2, 0.25) is 15.9 Å². The van der Waals surface area contributed by atoms with Crippen molar-refractivity contribution in [2.75, 3.05) is 32.1 Å². The number of benzene rings is 1. The Hall–Kier alpha value is -2.98. The average Bonchev–Trinajstić information content (AvgIpc) is 3.12. The van der Waals surface area contributed by atoms with Gasteiger partial charge in [0.15, 0.2) is 0 Å². The first kappa shape index (κ1) is 24.7. The molecule has 1 N–H and O–H groups in total. The molecule has 3 aromatic rings. The van der Waals surface area contributed by atoms with Gasteiger partial charge in [-0.15, -0.1) is 0 Å². The molecule has 0 spiro atoms. The fourth-order valence-corrected chi connectivity index (χ4v) is 5.28. The molecule has 2 aromatic heterocycles. The molecule has 1 amide bonds. The van der Waals surface area contributed by atoms with Crippen LogP contribution in [-0.4, -0.2) is 60.4 Å². The summed E-state index contributed by atoms with van der Waals surface area (Å²) in [6.45, 7) is 4.86. The molecule has 3 rings (SSSR count). The number of amides is 1. The van der Waals surface area contributed by atoms with E-state index < -0.39 is 10.0 Å². The van der Waals surface area contributed by atoms with Crippen LogP contribution in [0, 0.1) is 0 Å². The van der Waals surface area contributed by atoms with Gasteiger partial charge >= 0.3 is 0 Å². The van der Waals surface area contributed by atoms with E-state index in [0.29, 0.717) is 31.6 Å². The zero-order valence-electron chi connectivity index (χ0n) is 19.9. The Balaban J connectivity index is 1.70. The second kappa shape index (κ2) is 10.3. The highest BCUT2D eigenvalue weighted by atomic mass is 32.2. The minimum absolute atomic E-state index is 0.0829. The van der Waals surface area contributed by atoms with Gasteiger partial charge in [0.1, 0.15) is 11.6 Å². The van der Waals surface area contributed by atoms with Crippen molar-refractivity contribution < 1.29 is 13.2 Å². The van der Waals surface area contributed by atoms with Gasteiger partial charge in [0.05, 0.1) is 15.9 Å². The summed E-state index contributed by atoms with van der Waals surface area (Å²) in [6, 6.07) is 8.79. The molecule has 9 nitrogen and oxygen atoms in total. The first-order valence-electron chi connectivity index (χ1n) is 11.0. The second-order valence-electron chi connectivity index (χ2n) is 7.98. The molecule has 0 bridgehead atoms. The third kappa shape index (κ3) is 5.33. The third-order valence-electron chi connectivity index (χ3n) is 5.63. The standard InChI is InChI=1S/C23H32N6O3S/c1-6-29(7-2)33(31,32)18-10-11-20-19(15-18)26-21(28(20)5)12-13-22(30)25-16-17-9-8-14-24-23(17)27(3)4/h8-11,14-15H,6-7,12-13,16H2,1-5H3,(H,25,30). The highest BCUT2D eigenvalue weighted by molar-refractivity contribution is 7.89. The Labute approximate surface area is 195 Å². The summed E-state index contributed by atoms with van der Waals surface area (Å²) >= 11 is 0. The van der Waals surface area contributed by atoms with Gasteiger partial charge in [-0.1, -0.05) is 19.9 Å². The molecular formula is C23H32N6O3S. The predicted molar refractivity (Wildman–Crippen MR) is 130 cm³/mol. The van der Waals surface area contributed by atoms with Gasteiger partial charge in [-0.2, -0.15) is 4.31 Å². The molecule has 2 heterocycles. The van der Waals surface area contributed by atoms with E-state index in [1.165, 1.54) is 4.31 Å². The highest BCUT2D eigenvalue weighted by Gasteiger charge is 2.22. The lowest BCUT2D eigenvalue weighted by Gasteiger charge is -2.18. The number of hydrogen-bond acceptors (Lipinski definition) is 6. The molecule has 0 unspecified atom stereocenters. The van der Waals surface area contributed by atoms with Gasteiger partial charge in [0, 0.05) is 65.4 Å². The van der Waals surface area contributed by atoms with Gasteiger partial charge in [-0.25, -0.2) is 18.4 Å². The fraction of sp³-hybridized carbons (Fsp3) is 0.435. The molecule has 10 heteroatoms. The molecule has 33 heavy (non-hydrogen) atoms. The van der Waals surface area contributed by atoms with Gasteiger partial charge in [-0.3, -0.25) is 4.79 Å². The van der Waals surface area contributed by atoms with E-state index in [9.17, 15) is 13.2 Å². The van der Waals surface area contributed by atoms with Crippen LogP contribution in [0.3, 0.4) is 0 Å². The van der Waals surface area contributed by atoms with Crippen molar-refractivity contribution in [1.29, 1.82) is 0 Å². The van der Waals surface area contributed by atoms with E-state index in [-0.39, 0.29) is 17.2 Å². The van der Waals surface area contributed by atoms with Crippen LogP contribution in [0.15, 0.2) is 41.4 Å². The lowest BCUT2D eigenvalue weighted by atomic mass is 10.2. The van der Waals surface area contributed by atoms with Crippen molar-refractivity contribution in [2.45, 2.75) is 38.1 Å². The zero-order valence-corrected chi connectivity index (χ0v) is 20.7. The molecule has 0 aliphatic carbocycles. The molecule has 0 atom stereocenters. The van der Waals surface area contributed by atoms with Crippen LogP contribution in [0.5, 0.6) is 0 Å². The van der Waals surface area contributed by atoms with Crippen LogP contribution in [0.4, 0.5) is 5.82 Å². The summed E-state index contributed by atoms with van der Waals surface area (Å²) in [5.41, 5.74) is 2.38. The van der Waals surface area contributed by atoms with E-state index in [2.05, 4.69) is 15.3 Å². The average molecular weight is 473 g/mol. The van der Waals surface area contributed by atoms with Crippen LogP contribution < -0.4 is 10.2 Å². The number of carbonyl (C=O) groups is 1. The quantitative estimate of drug-likeness (QED) is 0.486. The van der Waals surface area contributed by atoms with Crippen LogP contribution >= 0.6 is 0 Å². The molecule has 0 aliphatic heterocycles. The number of fused-ring (bicyclic) bond motifs is 1. The maximum atomic E-state index is 12.8. The van der Waals surface area contributed by atoms with Gasteiger partial charge < -0.3 is 14.8 Å². The molecule has 0 aliphatic rings. The van der Waals surface area contributed by atoms with E-state index >= 15 is 0 Å². The number of nitrogens with zero attached hydrogens (tertiary/aromatic N) is 5. The van der Waals surface area contributed by atoms with Crippen LogP contribution in [0.2, 0.25) is 0 Å². The molecule has 178 valence electrons. The third-order valence-corrected chi connectivity index (χ3v) is 7.68. The largest absolute Gasteiger partial charge is 0.362 e. The van der Waals surface area contributed by atoms with Crippen molar-refractivity contribution in [1.82, 2.24) is 24.2 Å². The second-order valence-corrected chi connectivity index (χ2v) is 9.92. The molecule has 0 radical (unpaired) electrons. The number of pyridine rings is 1. The van der Waals surface area contributed by atoms with Crippen LogP contribution in [0.25, 0.3) is 11.0 Å². The number of carbonyl (C=O) groups excluding carboxylic acids is 1. The number of nitrogens with one attached hydrogen (secondary N) is 1. The summed E-state index contributed by atoms with van der Waals surface area (Å²) in [4.78, 5) is 23.6. The summed E-state index contributed by atoms with van der Waals surface area (Å²) in [7, 11) is 2.15. The van der Waals surface area contributed by atoms with Crippen molar-refractivity contribution in [3.8, 4) is 0 Å². The normalized spacial score (nSPS) is 11.8. The zero-order chi connectivity index (χ0) is 24.2. The maximum absolute atomic E-state index is 12.8. The Morgan fingerprint density at radius 1 is 1.15 bits per heavy atom. The minimum Gasteiger partial charge on any atom is -0.362 e. The topological polar surface area (TPSA) is 100 Å². The lowest BCUT2D eigenvalue weighted by Crippen LogP contribution is -2.30. The molecule has 0 saturated heterocycles. The molecular weight excluding hydrogens is 440 g/mol. The fourth-order valence-electron chi connectivity index (χ4n) is 3.80. The Morgan fingerprint density at radius 3 is 2.55 bits per heavy atom. The van der Waals surface area contributed by atoms with Crippen LogP contribution in [0.1, 0.15) is 31.7 Å². The number of sulfonamides is 1. The first-order valence-corrected chi connectivity index (χ1v) is 12.5. The van der Waals surface area contributed by atoms with Gasteiger partial charge in [0.25, 0.3) is 0 Å². The van der Waals surface area contributed by atoms with Crippen molar-refractivity contribution >= 4 is 32.8 Å². The number of imidazole rings is 1. The van der Waals surface area contributed by atoms with E-state index in [4.69, 9.17) is 0 Å². The lowest BCUT2D eigenvalue weighted by molar-refractivity contribution is -0.121. The van der Waals surface area contributed by atoms with E-state index in [1.807, 2.05) is 56.6 Å². The maximum Gasteiger partial charge on any atom is 0.243 e. The molecule has 0 saturated carbocycles. The molecule has 1 aromatic carbocycles. The van der Waals surface area contributed by atoms with Crippen molar-refractivity contribution in [3.05, 3.63) is 47.9 Å². The number of rotatable bonds is 10. The monoisotopic (exact) mass is 472 g/mol. The van der Waals surface area contributed by atoms with E-state index in [1.54, 1.807) is 24.4 Å². The molecule has 0 fully saturated rings. The van der Waals surface area contributed by atoms with Crippen molar-refractivity contribution in [3.63, 3.8) is 0 Å². The number of anilines is 1. The smallest absolute Gasteiger partial charge is 0.243 e. The SMILES string of the molecule is CCN(CC)S(=O)(=O)c1ccc2c(c1)nc(CCC(=O)NCc1cccnc1N(C)C)n2C. The van der Waals surface area contributed by atoms with Crippen LogP contribution in [-0.2, 0) is 34.8 Å². The Morgan fingerprint density at radius 2 is 1.88 bits per heavy atom. The summed E-state index contributed by atoms with van der Waals surface area (Å²) in [5, 5.41) is 2.94. The van der Waals surface area contributed by atoms with Gasteiger partial charge in [-0.05, 0) is 24.3 Å². The number of hydrogen-bond donors (Lipinski definition) is 1. The summed E-state index contributed by atoms with van der Waals surface area (Å²) < 4.78 is 29.0. The Bertz CT molecular complexity index is 1230.